The first-order chi connectivity index (χ1) is 6.28. The standard InChI is InChI=1S/C10H19NO3/c1-7(11)8(12)14-10(5-13-6-10)9(2,3)4/h7H,5-6,11H2,1-4H3/t7-/m0/s1. The van der Waals surface area contributed by atoms with Crippen LogP contribution in [0, 0.1) is 5.41 Å². The van der Waals surface area contributed by atoms with Crippen LogP contribution in [-0.4, -0.2) is 30.8 Å². The van der Waals surface area contributed by atoms with Crippen LogP contribution >= 0.6 is 0 Å². The van der Waals surface area contributed by atoms with Gasteiger partial charge in [-0.25, -0.2) is 0 Å². The summed E-state index contributed by atoms with van der Waals surface area (Å²) in [6.45, 7) is 8.65. The highest BCUT2D eigenvalue weighted by molar-refractivity contribution is 5.75. The molecule has 0 spiro atoms. The average molecular weight is 201 g/mol. The molecule has 0 saturated carbocycles. The van der Waals surface area contributed by atoms with E-state index < -0.39 is 11.6 Å². The third kappa shape index (κ3) is 1.91. The molecule has 0 aromatic carbocycles. The summed E-state index contributed by atoms with van der Waals surface area (Å²) < 4.78 is 10.5. The highest BCUT2D eigenvalue weighted by atomic mass is 16.6. The summed E-state index contributed by atoms with van der Waals surface area (Å²) in [5.74, 6) is -0.358. The Balaban J connectivity index is 2.68. The van der Waals surface area contributed by atoms with Crippen molar-refractivity contribution in [1.82, 2.24) is 0 Å². The van der Waals surface area contributed by atoms with E-state index in [0.29, 0.717) is 13.2 Å². The fourth-order valence-electron chi connectivity index (χ4n) is 1.22. The molecule has 4 heteroatoms. The average Bonchev–Trinajstić information content (AvgIpc) is 1.93. The van der Waals surface area contributed by atoms with Gasteiger partial charge in [0.25, 0.3) is 0 Å². The van der Waals surface area contributed by atoms with Crippen molar-refractivity contribution >= 4 is 5.97 Å². The fraction of sp³-hybridized carbons (Fsp3) is 0.900. The molecular weight excluding hydrogens is 182 g/mol. The van der Waals surface area contributed by atoms with Crippen LogP contribution in [0.3, 0.4) is 0 Å². The number of nitrogens with two attached hydrogens (primary N) is 1. The van der Waals surface area contributed by atoms with E-state index in [0.717, 1.165) is 0 Å². The predicted molar refractivity (Wildman–Crippen MR) is 52.7 cm³/mol. The van der Waals surface area contributed by atoms with Crippen molar-refractivity contribution in [1.29, 1.82) is 0 Å². The lowest BCUT2D eigenvalue weighted by Crippen LogP contribution is -2.62. The van der Waals surface area contributed by atoms with Gasteiger partial charge in [-0.3, -0.25) is 4.79 Å². The normalized spacial score (nSPS) is 22.4. The quantitative estimate of drug-likeness (QED) is 0.668. The van der Waals surface area contributed by atoms with Crippen LogP contribution < -0.4 is 5.73 Å². The molecule has 0 aromatic heterocycles. The zero-order chi connectivity index (χ0) is 11.0. The van der Waals surface area contributed by atoms with Gasteiger partial charge in [0.1, 0.15) is 6.04 Å². The maximum Gasteiger partial charge on any atom is 0.323 e. The van der Waals surface area contributed by atoms with Gasteiger partial charge < -0.3 is 15.2 Å². The molecule has 1 aliphatic rings. The first-order valence-corrected chi connectivity index (χ1v) is 4.85. The van der Waals surface area contributed by atoms with E-state index >= 15 is 0 Å². The van der Waals surface area contributed by atoms with E-state index in [4.69, 9.17) is 15.2 Å². The van der Waals surface area contributed by atoms with E-state index in [2.05, 4.69) is 0 Å². The van der Waals surface area contributed by atoms with Gasteiger partial charge in [0.05, 0.1) is 13.2 Å². The van der Waals surface area contributed by atoms with Crippen molar-refractivity contribution in [3.63, 3.8) is 0 Å². The van der Waals surface area contributed by atoms with Crippen molar-refractivity contribution in [2.75, 3.05) is 13.2 Å². The van der Waals surface area contributed by atoms with Crippen LogP contribution in [0.4, 0.5) is 0 Å². The molecule has 14 heavy (non-hydrogen) atoms. The molecule has 1 saturated heterocycles. The van der Waals surface area contributed by atoms with Gasteiger partial charge in [-0.2, -0.15) is 0 Å². The minimum atomic E-state index is -0.574. The van der Waals surface area contributed by atoms with Crippen molar-refractivity contribution in [3.8, 4) is 0 Å². The summed E-state index contributed by atoms with van der Waals surface area (Å²) in [5.41, 5.74) is 4.85. The van der Waals surface area contributed by atoms with Crippen molar-refractivity contribution in [3.05, 3.63) is 0 Å². The van der Waals surface area contributed by atoms with E-state index in [1.807, 2.05) is 20.8 Å². The van der Waals surface area contributed by atoms with Gasteiger partial charge in [-0.1, -0.05) is 20.8 Å². The Labute approximate surface area is 84.7 Å². The summed E-state index contributed by atoms with van der Waals surface area (Å²) in [4.78, 5) is 11.4. The molecule has 1 heterocycles. The van der Waals surface area contributed by atoms with Crippen LogP contribution in [-0.2, 0) is 14.3 Å². The van der Waals surface area contributed by atoms with Crippen LogP contribution in [0.2, 0.25) is 0 Å². The topological polar surface area (TPSA) is 61.6 Å². The van der Waals surface area contributed by atoms with Crippen LogP contribution in [0.1, 0.15) is 27.7 Å². The smallest absolute Gasteiger partial charge is 0.323 e. The molecule has 0 unspecified atom stereocenters. The predicted octanol–water partition coefficient (Wildman–Crippen LogP) is 0.692. The van der Waals surface area contributed by atoms with Gasteiger partial charge in [0.2, 0.25) is 0 Å². The first-order valence-electron chi connectivity index (χ1n) is 4.85. The number of esters is 1. The lowest BCUT2D eigenvalue weighted by atomic mass is 9.75. The lowest BCUT2D eigenvalue weighted by Gasteiger charge is -2.49. The molecular formula is C10H19NO3. The largest absolute Gasteiger partial charge is 0.452 e. The Bertz CT molecular complexity index is 226. The third-order valence-electron chi connectivity index (χ3n) is 2.71. The van der Waals surface area contributed by atoms with Crippen molar-refractivity contribution < 1.29 is 14.3 Å². The molecule has 82 valence electrons. The lowest BCUT2D eigenvalue weighted by molar-refractivity contribution is -0.248. The summed E-state index contributed by atoms with van der Waals surface area (Å²) >= 11 is 0. The molecule has 1 fully saturated rings. The molecule has 0 amide bonds. The van der Waals surface area contributed by atoms with Gasteiger partial charge >= 0.3 is 5.97 Å². The second kappa shape index (κ2) is 3.51. The minimum absolute atomic E-state index is 0.115. The van der Waals surface area contributed by atoms with Crippen LogP contribution in [0.15, 0.2) is 0 Å². The number of hydrogen-bond donors (Lipinski definition) is 1. The number of carbonyl (C=O) groups is 1. The second-order valence-corrected chi connectivity index (χ2v) is 4.95. The Morgan fingerprint density at radius 3 is 2.21 bits per heavy atom. The van der Waals surface area contributed by atoms with E-state index in [-0.39, 0.29) is 11.4 Å². The number of rotatable bonds is 2. The summed E-state index contributed by atoms with van der Waals surface area (Å²) in [6.07, 6.45) is 0. The fourth-order valence-corrected chi connectivity index (χ4v) is 1.22. The Kier molecular flexibility index (Phi) is 2.88. The molecule has 4 nitrogen and oxygen atoms in total. The minimum Gasteiger partial charge on any atom is -0.452 e. The van der Waals surface area contributed by atoms with Gasteiger partial charge in [-0.15, -0.1) is 0 Å². The zero-order valence-electron chi connectivity index (χ0n) is 9.29. The highest BCUT2D eigenvalue weighted by Gasteiger charge is 2.52. The van der Waals surface area contributed by atoms with Crippen LogP contribution in [0.5, 0.6) is 0 Å². The highest BCUT2D eigenvalue weighted by Crippen LogP contribution is 2.39. The second-order valence-electron chi connectivity index (χ2n) is 4.95. The van der Waals surface area contributed by atoms with Crippen molar-refractivity contribution in [2.45, 2.75) is 39.3 Å². The molecule has 0 aliphatic carbocycles. The maximum absolute atomic E-state index is 11.4. The number of ether oxygens (including phenoxy) is 2. The van der Waals surface area contributed by atoms with Gasteiger partial charge in [0.15, 0.2) is 5.60 Å². The molecule has 0 aromatic rings. The number of carbonyl (C=O) groups excluding carboxylic acids is 1. The SMILES string of the molecule is C[C@H](N)C(=O)OC1(C(C)(C)C)COC1. The van der Waals surface area contributed by atoms with E-state index in [1.54, 1.807) is 6.92 Å². The van der Waals surface area contributed by atoms with E-state index in [1.165, 1.54) is 0 Å². The van der Waals surface area contributed by atoms with Gasteiger partial charge in [0, 0.05) is 5.41 Å². The molecule has 2 N–H and O–H groups in total. The summed E-state index contributed by atoms with van der Waals surface area (Å²) in [7, 11) is 0. The molecule has 1 atom stereocenters. The Morgan fingerprint density at radius 2 is 2.00 bits per heavy atom. The van der Waals surface area contributed by atoms with Crippen LogP contribution in [0.25, 0.3) is 0 Å². The molecule has 0 radical (unpaired) electrons. The Hall–Kier alpha value is -0.610. The van der Waals surface area contributed by atoms with Gasteiger partial charge in [-0.05, 0) is 6.92 Å². The summed E-state index contributed by atoms with van der Waals surface area (Å²) in [5, 5.41) is 0. The zero-order valence-corrected chi connectivity index (χ0v) is 9.29. The summed E-state index contributed by atoms with van der Waals surface area (Å²) in [6, 6.07) is -0.574. The molecule has 0 bridgehead atoms. The Morgan fingerprint density at radius 1 is 1.50 bits per heavy atom. The maximum atomic E-state index is 11.4. The third-order valence-corrected chi connectivity index (χ3v) is 2.71. The first kappa shape index (κ1) is 11.5. The number of hydrogen-bond acceptors (Lipinski definition) is 4. The molecule has 1 aliphatic heterocycles. The van der Waals surface area contributed by atoms with E-state index in [9.17, 15) is 4.79 Å². The monoisotopic (exact) mass is 201 g/mol. The van der Waals surface area contributed by atoms with Crippen molar-refractivity contribution in [2.24, 2.45) is 11.1 Å². The molecule has 1 rings (SSSR count).